The van der Waals surface area contributed by atoms with Crippen molar-refractivity contribution in [3.05, 3.63) is 72.4 Å². The van der Waals surface area contributed by atoms with Gasteiger partial charge in [0.15, 0.2) is 5.58 Å². The molecule has 1 fully saturated rings. The lowest BCUT2D eigenvalue weighted by Gasteiger charge is -2.42. The summed E-state index contributed by atoms with van der Waals surface area (Å²) in [5.41, 5.74) is 4.01. The zero-order valence-corrected chi connectivity index (χ0v) is 17.1. The highest BCUT2D eigenvalue weighted by atomic mass is 16.5. The molecule has 0 radical (unpaired) electrons. The number of amides is 1. The summed E-state index contributed by atoms with van der Waals surface area (Å²) in [5.74, 6) is 1.17. The van der Waals surface area contributed by atoms with Crippen molar-refractivity contribution in [3.8, 4) is 28.3 Å². The van der Waals surface area contributed by atoms with Gasteiger partial charge in [0.25, 0.3) is 5.88 Å². The van der Waals surface area contributed by atoms with E-state index in [4.69, 9.17) is 9.15 Å². The van der Waals surface area contributed by atoms with Gasteiger partial charge < -0.3 is 19.6 Å². The van der Waals surface area contributed by atoms with E-state index in [2.05, 4.69) is 22.4 Å². The number of furan rings is 1. The maximum absolute atomic E-state index is 11.3. The second-order valence-electron chi connectivity index (χ2n) is 7.81. The summed E-state index contributed by atoms with van der Waals surface area (Å²) in [6, 6.07) is 20.0. The van der Waals surface area contributed by atoms with Gasteiger partial charge in [-0.05, 0) is 36.5 Å². The number of pyridine rings is 1. The first kappa shape index (κ1) is 19.2. The van der Waals surface area contributed by atoms with Crippen molar-refractivity contribution in [2.75, 3.05) is 7.11 Å². The topological polar surface area (TPSA) is 84.6 Å². The molecule has 1 aliphatic carbocycles. The lowest BCUT2D eigenvalue weighted by atomic mass is 9.72. The first-order chi connectivity index (χ1) is 15.1. The monoisotopic (exact) mass is 414 g/mol. The van der Waals surface area contributed by atoms with Crippen molar-refractivity contribution in [3.63, 3.8) is 0 Å². The van der Waals surface area contributed by atoms with Gasteiger partial charge >= 0.3 is 6.09 Å². The molecule has 0 saturated heterocycles. The zero-order chi connectivity index (χ0) is 21.4. The van der Waals surface area contributed by atoms with Crippen LogP contribution in [0.4, 0.5) is 4.79 Å². The molecule has 6 heteroatoms. The van der Waals surface area contributed by atoms with Gasteiger partial charge in [0.1, 0.15) is 5.76 Å². The number of rotatable bonds is 5. The Morgan fingerprint density at radius 1 is 1.06 bits per heavy atom. The lowest BCUT2D eigenvalue weighted by molar-refractivity contribution is 0.144. The minimum atomic E-state index is -0.994. The minimum absolute atomic E-state index is 0.441. The number of hydrogen-bond acceptors (Lipinski definition) is 4. The number of methoxy groups -OCH3 is 1. The summed E-state index contributed by atoms with van der Waals surface area (Å²) in [5, 5.41) is 12.9. The molecular formula is C25H22N2O4. The Kier molecular flexibility index (Phi) is 4.62. The van der Waals surface area contributed by atoms with E-state index in [0.29, 0.717) is 11.5 Å². The molecule has 0 bridgehead atoms. The fraction of sp³-hybridized carbons (Fsp3) is 0.200. The number of hydrogen-bond donors (Lipinski definition) is 2. The second kappa shape index (κ2) is 7.47. The third-order valence-electron chi connectivity index (χ3n) is 6.08. The Morgan fingerprint density at radius 3 is 2.42 bits per heavy atom. The Bertz CT molecular complexity index is 1240. The molecule has 4 aromatic rings. The fourth-order valence-corrected chi connectivity index (χ4v) is 4.40. The molecule has 2 N–H and O–H groups in total. The molecule has 156 valence electrons. The number of carboxylic acid groups (broad SMARTS) is 1. The predicted molar refractivity (Wildman–Crippen MR) is 118 cm³/mol. The summed E-state index contributed by atoms with van der Waals surface area (Å²) >= 11 is 0. The Balaban J connectivity index is 1.64. The average molecular weight is 414 g/mol. The van der Waals surface area contributed by atoms with Crippen LogP contribution in [0.25, 0.3) is 33.4 Å². The minimum Gasteiger partial charge on any atom is -0.478 e. The number of carbonyl (C=O) groups is 1. The van der Waals surface area contributed by atoms with Crippen LogP contribution in [0.15, 0.2) is 71.3 Å². The van der Waals surface area contributed by atoms with Crippen LogP contribution in [-0.2, 0) is 5.54 Å². The largest absolute Gasteiger partial charge is 0.478 e. The Labute approximate surface area is 179 Å². The summed E-state index contributed by atoms with van der Waals surface area (Å²) in [6.45, 7) is 0. The first-order valence-electron chi connectivity index (χ1n) is 10.2. The molecule has 31 heavy (non-hydrogen) atoms. The Morgan fingerprint density at radius 2 is 1.81 bits per heavy atom. The van der Waals surface area contributed by atoms with E-state index >= 15 is 0 Å². The van der Waals surface area contributed by atoms with Crippen molar-refractivity contribution >= 4 is 17.1 Å². The standard InChI is InChI=1S/C25H22N2O4/c1-30-23-22-19(12-15-26-23)20(16-6-3-2-4-7-16)21(31-22)17-8-10-18(11-9-17)25(13-5-14-25)27-24(28)29/h2-4,6-12,15,27H,5,13-14H2,1H3,(H,28,29). The predicted octanol–water partition coefficient (Wildman–Crippen LogP) is 5.82. The van der Waals surface area contributed by atoms with Gasteiger partial charge in [-0.2, -0.15) is 0 Å². The molecule has 0 atom stereocenters. The van der Waals surface area contributed by atoms with E-state index in [-0.39, 0.29) is 0 Å². The molecule has 2 aromatic carbocycles. The first-order valence-corrected chi connectivity index (χ1v) is 10.2. The molecule has 0 spiro atoms. The van der Waals surface area contributed by atoms with Crippen LogP contribution in [0.5, 0.6) is 5.88 Å². The Hall–Kier alpha value is -3.80. The highest BCUT2D eigenvalue weighted by molar-refractivity contribution is 6.03. The summed E-state index contributed by atoms with van der Waals surface area (Å²) < 4.78 is 11.7. The fourth-order valence-electron chi connectivity index (χ4n) is 4.40. The van der Waals surface area contributed by atoms with E-state index < -0.39 is 11.6 Å². The smallest absolute Gasteiger partial charge is 0.405 e. The van der Waals surface area contributed by atoms with Gasteiger partial charge in [0.2, 0.25) is 0 Å². The maximum Gasteiger partial charge on any atom is 0.405 e. The van der Waals surface area contributed by atoms with Crippen LogP contribution in [0.3, 0.4) is 0 Å². The van der Waals surface area contributed by atoms with E-state index in [1.165, 1.54) is 0 Å². The summed E-state index contributed by atoms with van der Waals surface area (Å²) in [6.07, 6.45) is 3.35. The van der Waals surface area contributed by atoms with Crippen molar-refractivity contribution < 1.29 is 19.1 Å². The highest BCUT2D eigenvalue weighted by Gasteiger charge is 2.40. The second-order valence-corrected chi connectivity index (χ2v) is 7.81. The number of ether oxygens (including phenoxy) is 1. The van der Waals surface area contributed by atoms with Gasteiger partial charge in [0.05, 0.1) is 12.6 Å². The number of nitrogens with zero attached hydrogens (tertiary/aromatic N) is 1. The van der Waals surface area contributed by atoms with Crippen LogP contribution in [0.2, 0.25) is 0 Å². The van der Waals surface area contributed by atoms with Gasteiger partial charge in [0, 0.05) is 22.7 Å². The van der Waals surface area contributed by atoms with E-state index in [1.54, 1.807) is 13.3 Å². The van der Waals surface area contributed by atoms with E-state index in [1.807, 2.05) is 48.5 Å². The van der Waals surface area contributed by atoms with Crippen molar-refractivity contribution in [2.45, 2.75) is 24.8 Å². The number of fused-ring (bicyclic) bond motifs is 1. The number of benzene rings is 2. The molecule has 0 aliphatic heterocycles. The van der Waals surface area contributed by atoms with Crippen LogP contribution >= 0.6 is 0 Å². The zero-order valence-electron chi connectivity index (χ0n) is 17.1. The van der Waals surface area contributed by atoms with Crippen LogP contribution in [0, 0.1) is 0 Å². The maximum atomic E-state index is 11.3. The molecule has 1 amide bonds. The van der Waals surface area contributed by atoms with E-state index in [9.17, 15) is 9.90 Å². The molecular weight excluding hydrogens is 392 g/mol. The van der Waals surface area contributed by atoms with Gasteiger partial charge in [-0.1, -0.05) is 54.6 Å². The van der Waals surface area contributed by atoms with Gasteiger partial charge in [-0.3, -0.25) is 0 Å². The third kappa shape index (κ3) is 3.20. The quantitative estimate of drug-likeness (QED) is 0.430. The SMILES string of the molecule is COc1nccc2c(-c3ccccc3)c(-c3ccc(C4(NC(=O)O)CCC4)cc3)oc12. The van der Waals surface area contributed by atoms with Crippen molar-refractivity contribution in [1.29, 1.82) is 0 Å². The van der Waals surface area contributed by atoms with Crippen molar-refractivity contribution in [2.24, 2.45) is 0 Å². The van der Waals surface area contributed by atoms with Crippen LogP contribution in [0.1, 0.15) is 24.8 Å². The van der Waals surface area contributed by atoms with Crippen LogP contribution < -0.4 is 10.1 Å². The third-order valence-corrected chi connectivity index (χ3v) is 6.08. The summed E-state index contributed by atoms with van der Waals surface area (Å²) in [4.78, 5) is 15.6. The molecule has 1 saturated carbocycles. The average Bonchev–Trinajstić information content (AvgIpc) is 3.16. The normalized spacial score (nSPS) is 14.7. The number of nitrogens with one attached hydrogen (secondary N) is 1. The van der Waals surface area contributed by atoms with Gasteiger partial charge in [-0.25, -0.2) is 9.78 Å². The van der Waals surface area contributed by atoms with Crippen LogP contribution in [-0.4, -0.2) is 23.3 Å². The molecule has 2 heterocycles. The molecule has 2 aromatic heterocycles. The lowest BCUT2D eigenvalue weighted by Crippen LogP contribution is -2.50. The molecule has 5 rings (SSSR count). The molecule has 1 aliphatic rings. The molecule has 0 unspecified atom stereocenters. The van der Waals surface area contributed by atoms with Crippen molar-refractivity contribution in [1.82, 2.24) is 10.3 Å². The van der Waals surface area contributed by atoms with Gasteiger partial charge in [-0.15, -0.1) is 0 Å². The summed E-state index contributed by atoms with van der Waals surface area (Å²) in [7, 11) is 1.58. The molecule has 6 nitrogen and oxygen atoms in total. The van der Waals surface area contributed by atoms with E-state index in [0.717, 1.165) is 52.7 Å². The number of aromatic nitrogens is 1. The highest BCUT2D eigenvalue weighted by Crippen LogP contribution is 2.45.